The van der Waals surface area contributed by atoms with Gasteiger partial charge in [-0.25, -0.2) is 4.98 Å². The van der Waals surface area contributed by atoms with Crippen LogP contribution in [0.5, 0.6) is 0 Å². The normalized spacial score (nSPS) is 10.2. The predicted molar refractivity (Wildman–Crippen MR) is 116 cm³/mol. The molecule has 0 bridgehead atoms. The number of rotatable bonds is 4. The van der Waals surface area contributed by atoms with E-state index in [0.29, 0.717) is 23.9 Å². The van der Waals surface area contributed by atoms with E-state index in [9.17, 15) is 0 Å². The Hall–Kier alpha value is -1.58. The number of nitrogens with zero attached hydrogens (tertiary/aromatic N) is 4. The van der Waals surface area contributed by atoms with E-state index in [4.69, 9.17) is 0 Å². The van der Waals surface area contributed by atoms with Crippen molar-refractivity contribution in [2.45, 2.75) is 107 Å². The zero-order valence-electron chi connectivity index (χ0n) is 19.4. The van der Waals surface area contributed by atoms with Gasteiger partial charge in [0.25, 0.3) is 0 Å². The van der Waals surface area contributed by atoms with Crippen molar-refractivity contribution in [3.8, 4) is 0 Å². The first-order valence-corrected chi connectivity index (χ1v) is 10.3. The summed E-state index contributed by atoms with van der Waals surface area (Å²) in [6.45, 7) is 25.4. The van der Waals surface area contributed by atoms with E-state index in [0.717, 1.165) is 0 Å². The second-order valence-corrected chi connectivity index (χ2v) is 6.89. The average Bonchev–Trinajstić information content (AvgIpc) is 3.28. The van der Waals surface area contributed by atoms with Gasteiger partial charge in [0.2, 0.25) is 0 Å². The lowest BCUT2D eigenvalue weighted by Gasteiger charge is -2.13. The number of aromatic nitrogens is 4. The van der Waals surface area contributed by atoms with Gasteiger partial charge in [-0.1, -0.05) is 55.4 Å². The summed E-state index contributed by atoms with van der Waals surface area (Å²) >= 11 is 0. The van der Waals surface area contributed by atoms with E-state index in [1.54, 1.807) is 0 Å². The Morgan fingerprint density at radius 3 is 1.58 bits per heavy atom. The Bertz CT molecular complexity index is 453. The summed E-state index contributed by atoms with van der Waals surface area (Å²) in [5.74, 6) is 2.27. The lowest BCUT2D eigenvalue weighted by molar-refractivity contribution is 0.498. The van der Waals surface area contributed by atoms with Crippen LogP contribution in [0.25, 0.3) is 0 Å². The van der Waals surface area contributed by atoms with E-state index >= 15 is 0 Å². The molecule has 2 aromatic heterocycles. The maximum atomic E-state index is 4.30. The molecule has 4 heteroatoms. The van der Waals surface area contributed by atoms with Crippen molar-refractivity contribution < 1.29 is 0 Å². The Labute approximate surface area is 163 Å². The molecule has 0 amide bonds. The lowest BCUT2D eigenvalue weighted by atomic mass is 10.1. The summed E-state index contributed by atoms with van der Waals surface area (Å²) < 4.78 is 4.29. The minimum Gasteiger partial charge on any atom is -0.332 e. The molecular formula is C22H44N4. The highest BCUT2D eigenvalue weighted by Gasteiger charge is 2.08. The fraction of sp³-hybridized carbons (Fsp3) is 0.727. The van der Waals surface area contributed by atoms with Gasteiger partial charge in [0.05, 0.1) is 0 Å². The van der Waals surface area contributed by atoms with Gasteiger partial charge in [0.15, 0.2) is 0 Å². The SMILES string of the molecule is CC.CC.CC(C)c1ccnn1C(C)C.CC(C)c1nccn1C(C)C. The molecule has 0 radical (unpaired) electrons. The molecule has 0 N–H and O–H groups in total. The second kappa shape index (κ2) is 14.6. The number of imidazole rings is 1. The van der Waals surface area contributed by atoms with Crippen molar-refractivity contribution >= 4 is 0 Å². The van der Waals surface area contributed by atoms with Crippen LogP contribution in [0, 0.1) is 0 Å². The molecule has 0 saturated heterocycles. The molecule has 0 aliphatic carbocycles. The lowest BCUT2D eigenvalue weighted by Crippen LogP contribution is -2.08. The summed E-state index contributed by atoms with van der Waals surface area (Å²) in [7, 11) is 0. The van der Waals surface area contributed by atoms with Crippen LogP contribution in [0.15, 0.2) is 24.7 Å². The fourth-order valence-corrected chi connectivity index (χ4v) is 2.42. The zero-order valence-corrected chi connectivity index (χ0v) is 19.4. The monoisotopic (exact) mass is 364 g/mol. The summed E-state index contributed by atoms with van der Waals surface area (Å²) in [6.07, 6.45) is 5.78. The molecule has 152 valence electrons. The minimum atomic E-state index is 0.474. The van der Waals surface area contributed by atoms with Gasteiger partial charge in [-0.15, -0.1) is 0 Å². The van der Waals surface area contributed by atoms with E-state index in [-0.39, 0.29) is 0 Å². The van der Waals surface area contributed by atoms with E-state index in [1.165, 1.54) is 11.5 Å². The van der Waals surface area contributed by atoms with Crippen LogP contribution < -0.4 is 0 Å². The molecule has 0 saturated carbocycles. The first kappa shape index (κ1) is 26.6. The fourth-order valence-electron chi connectivity index (χ4n) is 2.42. The molecule has 0 fully saturated rings. The molecule has 26 heavy (non-hydrogen) atoms. The Morgan fingerprint density at radius 2 is 1.27 bits per heavy atom. The van der Waals surface area contributed by atoms with Crippen LogP contribution >= 0.6 is 0 Å². The van der Waals surface area contributed by atoms with Crippen molar-refractivity contribution in [2.75, 3.05) is 0 Å². The van der Waals surface area contributed by atoms with Crippen molar-refractivity contribution in [3.63, 3.8) is 0 Å². The van der Waals surface area contributed by atoms with Gasteiger partial charge < -0.3 is 4.57 Å². The molecule has 0 aliphatic heterocycles. The van der Waals surface area contributed by atoms with Gasteiger partial charge in [-0.2, -0.15) is 5.10 Å². The predicted octanol–water partition coefficient (Wildman–Crippen LogP) is 7.23. The maximum absolute atomic E-state index is 4.30. The smallest absolute Gasteiger partial charge is 0.111 e. The minimum absolute atomic E-state index is 0.474. The van der Waals surface area contributed by atoms with Crippen molar-refractivity contribution in [1.29, 1.82) is 0 Å². The quantitative estimate of drug-likeness (QED) is 0.573. The average molecular weight is 365 g/mol. The van der Waals surface area contributed by atoms with Gasteiger partial charge in [0, 0.05) is 42.3 Å². The van der Waals surface area contributed by atoms with E-state index in [2.05, 4.69) is 80.8 Å². The van der Waals surface area contributed by atoms with Crippen LogP contribution in [0.1, 0.15) is 119 Å². The molecule has 2 rings (SSSR count). The highest BCUT2D eigenvalue weighted by atomic mass is 15.3. The van der Waals surface area contributed by atoms with Crippen LogP contribution in [-0.2, 0) is 0 Å². The molecule has 2 heterocycles. The van der Waals surface area contributed by atoms with Crippen LogP contribution in [-0.4, -0.2) is 19.3 Å². The molecular weight excluding hydrogens is 320 g/mol. The van der Waals surface area contributed by atoms with E-state index in [1.807, 2.05) is 46.3 Å². The maximum Gasteiger partial charge on any atom is 0.111 e. The van der Waals surface area contributed by atoms with Crippen molar-refractivity contribution in [2.24, 2.45) is 0 Å². The Kier molecular flexibility index (Phi) is 14.9. The summed E-state index contributed by atoms with van der Waals surface area (Å²) in [4.78, 5) is 4.30. The van der Waals surface area contributed by atoms with Gasteiger partial charge >= 0.3 is 0 Å². The third kappa shape index (κ3) is 8.68. The molecule has 0 atom stereocenters. The first-order chi connectivity index (χ1) is 12.3. The number of hydrogen-bond donors (Lipinski definition) is 0. The highest BCUT2D eigenvalue weighted by Crippen LogP contribution is 2.17. The van der Waals surface area contributed by atoms with Gasteiger partial charge in [-0.3, -0.25) is 4.68 Å². The molecule has 2 aromatic rings. The summed E-state index contributed by atoms with van der Waals surface area (Å²) in [5, 5.41) is 4.25. The third-order valence-electron chi connectivity index (χ3n) is 3.55. The summed E-state index contributed by atoms with van der Waals surface area (Å²) in [5.41, 5.74) is 1.32. The molecule has 0 aliphatic rings. The van der Waals surface area contributed by atoms with E-state index < -0.39 is 0 Å². The standard InChI is InChI=1S/2C9H16N2.2C2H6/c1-7(2)9-10-5-6-11(9)8(3)4;1-7(2)9-5-6-10-11(9)8(3)4;2*1-2/h2*5-8H,1-4H3;2*1-2H3. The third-order valence-corrected chi connectivity index (χ3v) is 3.55. The Balaban J connectivity index is 0. The molecule has 0 spiro atoms. The number of hydrogen-bond acceptors (Lipinski definition) is 2. The van der Waals surface area contributed by atoms with Gasteiger partial charge in [-0.05, 0) is 39.7 Å². The van der Waals surface area contributed by atoms with Crippen LogP contribution in [0.2, 0.25) is 0 Å². The van der Waals surface area contributed by atoms with Gasteiger partial charge in [0.1, 0.15) is 5.82 Å². The van der Waals surface area contributed by atoms with Crippen LogP contribution in [0.3, 0.4) is 0 Å². The zero-order chi connectivity index (χ0) is 20.9. The molecule has 0 aromatic carbocycles. The Morgan fingerprint density at radius 1 is 0.731 bits per heavy atom. The van der Waals surface area contributed by atoms with Crippen LogP contribution in [0.4, 0.5) is 0 Å². The first-order valence-electron chi connectivity index (χ1n) is 10.3. The molecule has 0 unspecified atom stereocenters. The topological polar surface area (TPSA) is 35.6 Å². The molecule has 4 nitrogen and oxygen atoms in total. The highest BCUT2D eigenvalue weighted by molar-refractivity contribution is 5.06. The van der Waals surface area contributed by atoms with Crippen molar-refractivity contribution in [1.82, 2.24) is 19.3 Å². The second-order valence-electron chi connectivity index (χ2n) is 6.89. The van der Waals surface area contributed by atoms with Crippen molar-refractivity contribution in [3.05, 3.63) is 36.2 Å². The summed E-state index contributed by atoms with van der Waals surface area (Å²) in [6, 6.07) is 3.09. The largest absolute Gasteiger partial charge is 0.332 e.